The lowest BCUT2D eigenvalue weighted by molar-refractivity contribution is -0.140. The van der Waals surface area contributed by atoms with Gasteiger partial charge in [-0.05, 0) is 19.1 Å². The van der Waals surface area contributed by atoms with E-state index in [1.807, 2.05) is 0 Å². The molecule has 1 aromatic carbocycles. The fourth-order valence-electron chi connectivity index (χ4n) is 2.17. The normalized spacial score (nSPS) is 19.0. The topological polar surface area (TPSA) is 83.6 Å². The van der Waals surface area contributed by atoms with Gasteiger partial charge in [0.2, 0.25) is 15.9 Å². The van der Waals surface area contributed by atoms with Gasteiger partial charge in [0.1, 0.15) is 12.6 Å². The van der Waals surface area contributed by atoms with Gasteiger partial charge in [0.05, 0.1) is 10.8 Å². The van der Waals surface area contributed by atoms with Crippen molar-refractivity contribution in [2.24, 2.45) is 0 Å². The zero-order valence-electron chi connectivity index (χ0n) is 13.0. The van der Waals surface area contributed by atoms with E-state index in [1.165, 1.54) is 31.2 Å². The minimum absolute atomic E-state index is 0.0408. The number of ketones is 1. The van der Waals surface area contributed by atoms with E-state index in [9.17, 15) is 31.2 Å². The average molecular weight is 396 g/mol. The van der Waals surface area contributed by atoms with Gasteiger partial charge in [-0.2, -0.15) is 17.5 Å². The molecule has 0 bridgehead atoms. The van der Waals surface area contributed by atoms with Gasteiger partial charge in [0, 0.05) is 11.3 Å². The second-order valence-electron chi connectivity index (χ2n) is 5.32. The molecular weight excluding hydrogens is 381 g/mol. The molecule has 138 valence electrons. The minimum Gasteiger partial charge on any atom is -0.346 e. The molecular formula is C14H15F3N2O4S2. The van der Waals surface area contributed by atoms with E-state index in [0.717, 1.165) is 16.1 Å². The lowest BCUT2D eigenvalue weighted by Crippen LogP contribution is -2.49. The first kappa shape index (κ1) is 19.7. The van der Waals surface area contributed by atoms with E-state index in [2.05, 4.69) is 0 Å². The van der Waals surface area contributed by atoms with Crippen LogP contribution >= 0.6 is 11.8 Å². The summed E-state index contributed by atoms with van der Waals surface area (Å²) in [6.07, 6.45) is -4.58. The Balaban J connectivity index is 2.19. The maximum absolute atomic E-state index is 12.7. The summed E-state index contributed by atoms with van der Waals surface area (Å²) < 4.78 is 62.8. The number of alkyl halides is 3. The van der Waals surface area contributed by atoms with Gasteiger partial charge < -0.3 is 5.32 Å². The Morgan fingerprint density at radius 2 is 1.88 bits per heavy atom. The van der Waals surface area contributed by atoms with Crippen LogP contribution in [0.15, 0.2) is 29.2 Å². The molecule has 2 rings (SSSR count). The molecule has 1 saturated heterocycles. The fourth-order valence-corrected chi connectivity index (χ4v) is 5.32. The Labute approximate surface area is 146 Å². The Morgan fingerprint density at radius 3 is 2.40 bits per heavy atom. The van der Waals surface area contributed by atoms with Gasteiger partial charge >= 0.3 is 6.18 Å². The maximum Gasteiger partial charge on any atom is 0.405 e. The highest BCUT2D eigenvalue weighted by Gasteiger charge is 2.41. The summed E-state index contributed by atoms with van der Waals surface area (Å²) >= 11 is 1.13. The zero-order chi connectivity index (χ0) is 18.8. The Morgan fingerprint density at radius 1 is 1.28 bits per heavy atom. The molecule has 6 nitrogen and oxygen atoms in total. The first-order valence-corrected chi connectivity index (χ1v) is 9.67. The molecule has 0 aromatic heterocycles. The van der Waals surface area contributed by atoms with Crippen molar-refractivity contribution >= 4 is 33.5 Å². The quantitative estimate of drug-likeness (QED) is 0.765. The molecule has 1 heterocycles. The molecule has 0 unspecified atom stereocenters. The lowest BCUT2D eigenvalue weighted by Gasteiger charge is -2.23. The van der Waals surface area contributed by atoms with Crippen LogP contribution in [0.5, 0.6) is 0 Å². The van der Waals surface area contributed by atoms with E-state index in [4.69, 9.17) is 0 Å². The van der Waals surface area contributed by atoms with Crippen molar-refractivity contribution < 1.29 is 31.2 Å². The van der Waals surface area contributed by atoms with Crippen LogP contribution in [-0.2, 0) is 14.8 Å². The number of halogens is 3. The van der Waals surface area contributed by atoms with Crippen molar-refractivity contribution in [2.75, 3.05) is 18.2 Å². The number of thioether (sulfide) groups is 1. The van der Waals surface area contributed by atoms with Crippen LogP contribution in [0.4, 0.5) is 13.2 Å². The molecule has 1 aliphatic rings. The number of carbonyl (C=O) groups is 2. The van der Waals surface area contributed by atoms with Crippen LogP contribution in [0, 0.1) is 0 Å². The van der Waals surface area contributed by atoms with Crippen LogP contribution in [0.3, 0.4) is 0 Å². The van der Waals surface area contributed by atoms with Crippen LogP contribution in [-0.4, -0.2) is 54.8 Å². The van der Waals surface area contributed by atoms with E-state index in [1.54, 1.807) is 5.32 Å². The molecule has 1 amide bonds. The van der Waals surface area contributed by atoms with Crippen LogP contribution in [0.25, 0.3) is 0 Å². The number of sulfonamides is 1. The number of nitrogens with zero attached hydrogens (tertiary/aromatic N) is 1. The highest BCUT2D eigenvalue weighted by molar-refractivity contribution is 8.00. The largest absolute Gasteiger partial charge is 0.405 e. The van der Waals surface area contributed by atoms with Gasteiger partial charge in [0.25, 0.3) is 0 Å². The number of rotatable bonds is 5. The average Bonchev–Trinajstić information content (AvgIpc) is 3.02. The Hall–Kier alpha value is -1.59. The third-order valence-corrected chi connectivity index (χ3v) is 6.52. The van der Waals surface area contributed by atoms with Crippen LogP contribution in [0.1, 0.15) is 17.3 Å². The second-order valence-corrected chi connectivity index (χ2v) is 8.21. The summed E-state index contributed by atoms with van der Waals surface area (Å²) in [6, 6.07) is 3.94. The summed E-state index contributed by atoms with van der Waals surface area (Å²) in [5.74, 6) is -1.20. The highest BCUT2D eigenvalue weighted by atomic mass is 32.2. The minimum atomic E-state index is -4.58. The Kier molecular flexibility index (Phi) is 5.79. The smallest absolute Gasteiger partial charge is 0.346 e. The first-order valence-electron chi connectivity index (χ1n) is 7.07. The molecule has 1 atom stereocenters. The molecule has 1 N–H and O–H groups in total. The highest BCUT2D eigenvalue weighted by Crippen LogP contribution is 2.28. The monoisotopic (exact) mass is 396 g/mol. The Bertz CT molecular complexity index is 763. The molecule has 0 saturated carbocycles. The van der Waals surface area contributed by atoms with Crippen molar-refractivity contribution in [1.82, 2.24) is 9.62 Å². The van der Waals surface area contributed by atoms with Crippen molar-refractivity contribution in [3.8, 4) is 0 Å². The van der Waals surface area contributed by atoms with Crippen LogP contribution in [0.2, 0.25) is 0 Å². The van der Waals surface area contributed by atoms with Gasteiger partial charge in [-0.25, -0.2) is 8.42 Å². The second kappa shape index (κ2) is 7.34. The number of nitrogens with one attached hydrogen (secondary N) is 1. The summed E-state index contributed by atoms with van der Waals surface area (Å²) in [7, 11) is -4.07. The number of amides is 1. The van der Waals surface area contributed by atoms with Crippen molar-refractivity contribution in [3.63, 3.8) is 0 Å². The van der Waals surface area contributed by atoms with E-state index >= 15 is 0 Å². The number of carbonyl (C=O) groups excluding carboxylic acids is 2. The number of Topliss-reactive ketones (excluding diaryl/α,β-unsaturated/α-hetero) is 1. The SMILES string of the molecule is CC(=O)c1ccc(S(=O)(=O)N2CSC[C@H]2C(=O)NCC(F)(F)F)cc1. The molecule has 0 radical (unpaired) electrons. The van der Waals surface area contributed by atoms with Gasteiger partial charge in [-0.1, -0.05) is 12.1 Å². The van der Waals surface area contributed by atoms with Crippen molar-refractivity contribution in [2.45, 2.75) is 24.0 Å². The lowest BCUT2D eigenvalue weighted by atomic mass is 10.2. The molecule has 1 fully saturated rings. The molecule has 1 aromatic rings. The fraction of sp³-hybridized carbons (Fsp3) is 0.429. The molecule has 11 heteroatoms. The van der Waals surface area contributed by atoms with Gasteiger partial charge in [-0.3, -0.25) is 9.59 Å². The van der Waals surface area contributed by atoms with Crippen molar-refractivity contribution in [3.05, 3.63) is 29.8 Å². The third kappa shape index (κ3) is 4.73. The first-order chi connectivity index (χ1) is 11.5. The molecule has 25 heavy (non-hydrogen) atoms. The number of hydrogen-bond donors (Lipinski definition) is 1. The van der Waals surface area contributed by atoms with E-state index < -0.39 is 34.7 Å². The predicted molar refractivity (Wildman–Crippen MR) is 85.6 cm³/mol. The third-order valence-electron chi connectivity index (χ3n) is 3.48. The maximum atomic E-state index is 12.7. The van der Waals surface area contributed by atoms with E-state index in [-0.39, 0.29) is 22.3 Å². The molecule has 1 aliphatic heterocycles. The predicted octanol–water partition coefficient (Wildman–Crippen LogP) is 1.63. The summed E-state index contributed by atoms with van der Waals surface area (Å²) in [5, 5.41) is 1.71. The van der Waals surface area contributed by atoms with Crippen LogP contribution < -0.4 is 5.32 Å². The standard InChI is InChI=1S/C14H15F3N2O4S2/c1-9(20)10-2-4-11(5-3-10)25(22,23)19-8-24-6-12(19)13(21)18-7-14(15,16)17/h2-5,12H,6-8H2,1H3,(H,18,21)/t12-/m0/s1. The van der Waals surface area contributed by atoms with E-state index in [0.29, 0.717) is 5.56 Å². The van der Waals surface area contributed by atoms with Crippen molar-refractivity contribution in [1.29, 1.82) is 0 Å². The molecule has 0 spiro atoms. The van der Waals surface area contributed by atoms with Gasteiger partial charge in [0.15, 0.2) is 5.78 Å². The summed E-state index contributed by atoms with van der Waals surface area (Å²) in [5.41, 5.74) is 0.328. The summed E-state index contributed by atoms with van der Waals surface area (Å²) in [4.78, 5) is 23.1. The number of benzene rings is 1. The zero-order valence-corrected chi connectivity index (χ0v) is 14.7. The summed E-state index contributed by atoms with van der Waals surface area (Å²) in [6.45, 7) is -0.185. The number of hydrogen-bond acceptors (Lipinski definition) is 5. The molecule has 0 aliphatic carbocycles. The van der Waals surface area contributed by atoms with Gasteiger partial charge in [-0.15, -0.1) is 11.8 Å².